The summed E-state index contributed by atoms with van der Waals surface area (Å²) < 4.78 is 0. The second kappa shape index (κ2) is 17.8. The second-order valence-electron chi connectivity index (χ2n) is 18.1. The summed E-state index contributed by atoms with van der Waals surface area (Å²) in [6.45, 7) is 4.45. The first-order chi connectivity index (χ1) is 34.1. The Morgan fingerprint density at radius 1 is 0.232 bits per heavy atom. The molecule has 0 fully saturated rings. The van der Waals surface area contributed by atoms with Crippen molar-refractivity contribution in [2.45, 2.75) is 13.8 Å². The van der Waals surface area contributed by atoms with Gasteiger partial charge in [-0.25, -0.2) is 0 Å². The third kappa shape index (κ3) is 7.65. The Morgan fingerprint density at radius 3 is 0.957 bits per heavy atom. The van der Waals surface area contributed by atoms with Crippen LogP contribution in [0.4, 0.5) is 17.1 Å². The Bertz CT molecular complexity index is 3630. The molecule has 0 aromatic heterocycles. The molecule has 0 N–H and O–H groups in total. The number of rotatable bonds is 9. The number of hydrogen-bond acceptors (Lipinski definition) is 1. The van der Waals surface area contributed by atoms with Crippen molar-refractivity contribution in [2.24, 2.45) is 0 Å². The smallest absolute Gasteiger partial charge is 0.0462 e. The van der Waals surface area contributed by atoms with Crippen LogP contribution in [-0.4, -0.2) is 0 Å². The number of fused-ring (bicyclic) bond motifs is 3. The Kier molecular flexibility index (Phi) is 10.7. The molecule has 1 nitrogen and oxygen atoms in total. The van der Waals surface area contributed by atoms with Gasteiger partial charge in [-0.15, -0.1) is 0 Å². The van der Waals surface area contributed by atoms with Crippen LogP contribution in [0.2, 0.25) is 0 Å². The summed E-state index contributed by atoms with van der Waals surface area (Å²) in [6, 6.07) is 95.5. The summed E-state index contributed by atoms with van der Waals surface area (Å²) in [6.07, 6.45) is 0. The maximum absolute atomic E-state index is 2.40. The largest absolute Gasteiger partial charge is 0.311 e. The minimum atomic E-state index is 1.08. The van der Waals surface area contributed by atoms with Crippen molar-refractivity contribution in [3.05, 3.63) is 272 Å². The second-order valence-corrected chi connectivity index (χ2v) is 18.1. The lowest BCUT2D eigenvalue weighted by molar-refractivity contribution is 1.28. The molecule has 0 heterocycles. The van der Waals surface area contributed by atoms with Gasteiger partial charge in [0.1, 0.15) is 0 Å². The third-order valence-corrected chi connectivity index (χ3v) is 13.9. The number of aryl methyl sites for hydroxylation is 2. The lowest BCUT2D eigenvalue weighted by atomic mass is 9.87. The average Bonchev–Trinajstić information content (AvgIpc) is 3.42. The summed E-state index contributed by atoms with van der Waals surface area (Å²) in [5.41, 5.74) is 20.4. The van der Waals surface area contributed by atoms with Crippen molar-refractivity contribution in [3.8, 4) is 66.8 Å². The summed E-state index contributed by atoms with van der Waals surface area (Å²) in [7, 11) is 0. The molecule has 0 unspecified atom stereocenters. The van der Waals surface area contributed by atoms with E-state index in [1.165, 1.54) is 110 Å². The lowest BCUT2D eigenvalue weighted by Crippen LogP contribution is -2.10. The standard InChI is InChI=1S/C68H49N/c1-46-44-64(49-20-8-4-9-21-49)67(62-28-16-14-25-58(46)62)53-32-39-56(40-33-53)69(55-37-30-52(31-38-55)66-60-27-13-12-24-51(60)36-43-61(66)48-18-6-3-7-19-48)57-41-34-54(35-42-57)68-63-29-17-15-26-59(63)47(2)45-65(68)50-22-10-5-11-23-50/h3-45H,1-2H3. The van der Waals surface area contributed by atoms with E-state index in [1.54, 1.807) is 0 Å². The summed E-state index contributed by atoms with van der Waals surface area (Å²) in [4.78, 5) is 2.40. The molecule has 12 rings (SSSR count). The molecular formula is C68H49N. The highest BCUT2D eigenvalue weighted by Gasteiger charge is 2.20. The van der Waals surface area contributed by atoms with E-state index in [9.17, 15) is 0 Å². The Balaban J connectivity index is 1.01. The molecular weight excluding hydrogens is 831 g/mol. The van der Waals surface area contributed by atoms with Gasteiger partial charge in [0.25, 0.3) is 0 Å². The van der Waals surface area contributed by atoms with Gasteiger partial charge in [0.2, 0.25) is 0 Å². The fourth-order valence-corrected chi connectivity index (χ4v) is 10.6. The van der Waals surface area contributed by atoms with Crippen LogP contribution in [0, 0.1) is 13.8 Å². The van der Waals surface area contributed by atoms with Crippen molar-refractivity contribution in [3.63, 3.8) is 0 Å². The fraction of sp³-hybridized carbons (Fsp3) is 0.0294. The van der Waals surface area contributed by atoms with Crippen molar-refractivity contribution >= 4 is 49.4 Å². The molecule has 1 heteroatoms. The predicted octanol–water partition coefficient (Wildman–Crippen LogP) is 19.2. The number of benzene rings is 12. The zero-order valence-corrected chi connectivity index (χ0v) is 38.8. The van der Waals surface area contributed by atoms with Gasteiger partial charge in [-0.2, -0.15) is 0 Å². The molecule has 0 bridgehead atoms. The van der Waals surface area contributed by atoms with Crippen molar-refractivity contribution in [2.75, 3.05) is 4.90 Å². The van der Waals surface area contributed by atoms with Crippen LogP contribution in [0.1, 0.15) is 11.1 Å². The molecule has 0 saturated heterocycles. The van der Waals surface area contributed by atoms with Crippen LogP contribution in [0.25, 0.3) is 99.1 Å². The number of hydrogen-bond donors (Lipinski definition) is 0. The zero-order chi connectivity index (χ0) is 46.3. The molecule has 0 saturated carbocycles. The van der Waals surface area contributed by atoms with Crippen molar-refractivity contribution < 1.29 is 0 Å². The topological polar surface area (TPSA) is 3.24 Å². The number of anilines is 3. The van der Waals surface area contributed by atoms with E-state index in [2.05, 4.69) is 280 Å². The Hall–Kier alpha value is -8.78. The van der Waals surface area contributed by atoms with Crippen LogP contribution < -0.4 is 4.90 Å². The Labute approximate surface area is 404 Å². The third-order valence-electron chi connectivity index (χ3n) is 13.9. The van der Waals surface area contributed by atoms with Gasteiger partial charge in [0.05, 0.1) is 0 Å². The van der Waals surface area contributed by atoms with Gasteiger partial charge in [-0.05, 0) is 160 Å². The average molecular weight is 880 g/mol. The number of nitrogens with zero attached hydrogens (tertiary/aromatic N) is 1. The SMILES string of the molecule is Cc1cc(-c2ccccc2)c(-c2ccc(N(c3ccc(-c4c(-c5ccccc5)ccc5ccccc45)cc3)c3ccc(-c4c(-c5ccccc5)cc(C)c5ccccc45)cc3)cc2)c2ccccc12. The highest BCUT2D eigenvalue weighted by atomic mass is 15.1. The van der Waals surface area contributed by atoms with Crippen LogP contribution in [0.5, 0.6) is 0 Å². The molecule has 0 aliphatic rings. The van der Waals surface area contributed by atoms with Crippen LogP contribution in [0.3, 0.4) is 0 Å². The van der Waals surface area contributed by atoms with E-state index < -0.39 is 0 Å². The van der Waals surface area contributed by atoms with E-state index in [0.29, 0.717) is 0 Å². The molecule has 12 aromatic carbocycles. The van der Waals surface area contributed by atoms with E-state index in [0.717, 1.165) is 17.1 Å². The minimum absolute atomic E-state index is 1.08. The molecule has 0 spiro atoms. The van der Waals surface area contributed by atoms with Gasteiger partial charge in [-0.3, -0.25) is 0 Å². The molecule has 0 radical (unpaired) electrons. The van der Waals surface area contributed by atoms with E-state index in [-0.39, 0.29) is 0 Å². The summed E-state index contributed by atoms with van der Waals surface area (Å²) in [5.74, 6) is 0. The molecule has 12 aromatic rings. The summed E-state index contributed by atoms with van der Waals surface area (Å²) >= 11 is 0. The summed E-state index contributed by atoms with van der Waals surface area (Å²) in [5, 5.41) is 7.54. The van der Waals surface area contributed by atoms with E-state index in [1.807, 2.05) is 0 Å². The van der Waals surface area contributed by atoms with Crippen LogP contribution in [0.15, 0.2) is 261 Å². The van der Waals surface area contributed by atoms with Crippen LogP contribution >= 0.6 is 0 Å². The van der Waals surface area contributed by atoms with Gasteiger partial charge < -0.3 is 4.90 Å². The lowest BCUT2D eigenvalue weighted by Gasteiger charge is -2.27. The van der Waals surface area contributed by atoms with Gasteiger partial charge >= 0.3 is 0 Å². The van der Waals surface area contributed by atoms with Crippen molar-refractivity contribution in [1.82, 2.24) is 0 Å². The van der Waals surface area contributed by atoms with Gasteiger partial charge in [0.15, 0.2) is 0 Å². The normalized spacial score (nSPS) is 11.3. The van der Waals surface area contributed by atoms with Gasteiger partial charge in [-0.1, -0.05) is 224 Å². The first-order valence-corrected chi connectivity index (χ1v) is 23.9. The maximum atomic E-state index is 2.40. The molecule has 0 atom stereocenters. The molecule has 0 amide bonds. The van der Waals surface area contributed by atoms with E-state index >= 15 is 0 Å². The first kappa shape index (κ1) is 41.6. The zero-order valence-electron chi connectivity index (χ0n) is 38.8. The van der Waals surface area contributed by atoms with Gasteiger partial charge in [0, 0.05) is 17.1 Å². The molecule has 0 aliphatic heterocycles. The minimum Gasteiger partial charge on any atom is -0.311 e. The first-order valence-electron chi connectivity index (χ1n) is 23.9. The highest BCUT2D eigenvalue weighted by Crippen LogP contribution is 2.45. The fourth-order valence-electron chi connectivity index (χ4n) is 10.6. The van der Waals surface area contributed by atoms with E-state index in [4.69, 9.17) is 0 Å². The molecule has 69 heavy (non-hydrogen) atoms. The Morgan fingerprint density at radius 2 is 0.551 bits per heavy atom. The van der Waals surface area contributed by atoms with Crippen LogP contribution in [-0.2, 0) is 0 Å². The predicted molar refractivity (Wildman–Crippen MR) is 296 cm³/mol. The monoisotopic (exact) mass is 879 g/mol. The highest BCUT2D eigenvalue weighted by molar-refractivity contribution is 6.08. The van der Waals surface area contributed by atoms with Crippen molar-refractivity contribution in [1.29, 1.82) is 0 Å². The quantitative estimate of drug-likeness (QED) is 0.140. The maximum Gasteiger partial charge on any atom is 0.0462 e. The molecule has 326 valence electrons. The molecule has 0 aliphatic carbocycles.